The molecule has 0 bridgehead atoms. The molecular formula is C9H16N2O3S. The van der Waals surface area contributed by atoms with Crippen LogP contribution in [-0.2, 0) is 14.8 Å². The van der Waals surface area contributed by atoms with E-state index in [1.54, 1.807) is 13.0 Å². The van der Waals surface area contributed by atoms with Crippen LogP contribution in [0.5, 0.6) is 0 Å². The Bertz CT molecular complexity index is 347. The molecule has 6 heteroatoms. The van der Waals surface area contributed by atoms with Gasteiger partial charge in [-0.15, -0.1) is 0 Å². The zero-order chi connectivity index (χ0) is 11.5. The Balaban J connectivity index is 2.68. The van der Waals surface area contributed by atoms with Gasteiger partial charge in [0.1, 0.15) is 0 Å². The van der Waals surface area contributed by atoms with Gasteiger partial charge in [-0.25, -0.2) is 13.1 Å². The van der Waals surface area contributed by atoms with Crippen molar-refractivity contribution in [1.29, 1.82) is 5.26 Å². The highest BCUT2D eigenvalue weighted by Crippen LogP contribution is 2.15. The second-order valence-electron chi connectivity index (χ2n) is 3.66. The van der Waals surface area contributed by atoms with Gasteiger partial charge in [0.25, 0.3) is 0 Å². The van der Waals surface area contributed by atoms with Crippen LogP contribution in [0.2, 0.25) is 0 Å². The van der Waals surface area contributed by atoms with Crippen molar-refractivity contribution in [3.63, 3.8) is 0 Å². The van der Waals surface area contributed by atoms with Gasteiger partial charge in [-0.3, -0.25) is 0 Å². The fourth-order valence-electron chi connectivity index (χ4n) is 1.56. The number of nitriles is 1. The average Bonchev–Trinajstić information content (AvgIpc) is 2.52. The monoisotopic (exact) mass is 232 g/mol. The minimum Gasteiger partial charge on any atom is -0.377 e. The molecule has 5 nitrogen and oxygen atoms in total. The molecule has 0 radical (unpaired) electrons. The minimum atomic E-state index is -3.53. The molecule has 0 aromatic rings. The normalized spacial score (nSPS) is 28.6. The molecule has 3 atom stereocenters. The van der Waals surface area contributed by atoms with Crippen molar-refractivity contribution in [2.75, 3.05) is 6.61 Å². The maximum absolute atomic E-state index is 11.7. The molecule has 0 aliphatic carbocycles. The molecule has 0 saturated carbocycles. The second-order valence-corrected chi connectivity index (χ2v) is 5.55. The molecule has 0 amide bonds. The van der Waals surface area contributed by atoms with Gasteiger partial charge in [0.15, 0.2) is 5.25 Å². The predicted molar refractivity (Wildman–Crippen MR) is 55.6 cm³/mol. The van der Waals surface area contributed by atoms with E-state index in [0.717, 1.165) is 0 Å². The van der Waals surface area contributed by atoms with Crippen LogP contribution < -0.4 is 4.72 Å². The second kappa shape index (κ2) is 4.92. The maximum atomic E-state index is 11.7. The van der Waals surface area contributed by atoms with E-state index in [2.05, 4.69) is 4.72 Å². The number of rotatable bonds is 4. The van der Waals surface area contributed by atoms with Crippen LogP contribution in [0.3, 0.4) is 0 Å². The fraction of sp³-hybridized carbons (Fsp3) is 0.889. The Hall–Kier alpha value is -0.640. The summed E-state index contributed by atoms with van der Waals surface area (Å²) >= 11 is 0. The number of sulfonamides is 1. The van der Waals surface area contributed by atoms with Gasteiger partial charge in [-0.1, -0.05) is 6.92 Å². The molecular weight excluding hydrogens is 216 g/mol. The minimum absolute atomic E-state index is 0.115. The highest BCUT2D eigenvalue weighted by Gasteiger charge is 2.32. The SMILES string of the molecule is CCC(C#N)S(=O)(=O)NC1CCOC1C. The highest BCUT2D eigenvalue weighted by molar-refractivity contribution is 7.90. The third-order valence-corrected chi connectivity index (χ3v) is 4.40. The summed E-state index contributed by atoms with van der Waals surface area (Å²) in [6.45, 7) is 4.08. The van der Waals surface area contributed by atoms with Crippen LogP contribution in [0, 0.1) is 11.3 Å². The Morgan fingerprint density at radius 1 is 1.67 bits per heavy atom. The van der Waals surface area contributed by atoms with Gasteiger partial charge in [-0.2, -0.15) is 5.26 Å². The molecule has 15 heavy (non-hydrogen) atoms. The van der Waals surface area contributed by atoms with E-state index in [-0.39, 0.29) is 12.1 Å². The number of ether oxygens (including phenoxy) is 1. The summed E-state index contributed by atoms with van der Waals surface area (Å²) < 4.78 is 31.2. The van der Waals surface area contributed by atoms with Crippen LogP contribution in [-0.4, -0.2) is 32.4 Å². The summed E-state index contributed by atoms with van der Waals surface area (Å²) in [4.78, 5) is 0. The number of nitrogens with zero attached hydrogens (tertiary/aromatic N) is 1. The molecule has 0 spiro atoms. The first-order valence-electron chi connectivity index (χ1n) is 5.03. The first-order chi connectivity index (χ1) is 7.01. The van der Waals surface area contributed by atoms with E-state index in [1.165, 1.54) is 0 Å². The van der Waals surface area contributed by atoms with Crippen LogP contribution in [0.1, 0.15) is 26.7 Å². The van der Waals surface area contributed by atoms with E-state index >= 15 is 0 Å². The molecule has 0 aromatic carbocycles. The summed E-state index contributed by atoms with van der Waals surface area (Å²) in [5, 5.41) is 7.73. The third-order valence-electron chi connectivity index (χ3n) is 2.58. The Morgan fingerprint density at radius 3 is 2.73 bits per heavy atom. The van der Waals surface area contributed by atoms with Crippen molar-refractivity contribution >= 4 is 10.0 Å². The lowest BCUT2D eigenvalue weighted by Crippen LogP contribution is -2.43. The fourth-order valence-corrected chi connectivity index (χ4v) is 3.03. The predicted octanol–water partition coefficient (Wildman–Crippen LogP) is 0.385. The first-order valence-corrected chi connectivity index (χ1v) is 6.58. The largest absolute Gasteiger partial charge is 0.377 e. The van der Waals surface area contributed by atoms with Gasteiger partial charge in [-0.05, 0) is 19.8 Å². The molecule has 1 saturated heterocycles. The van der Waals surface area contributed by atoms with Gasteiger partial charge < -0.3 is 4.74 Å². The van der Waals surface area contributed by atoms with Gasteiger partial charge in [0, 0.05) is 12.6 Å². The van der Waals surface area contributed by atoms with E-state index in [4.69, 9.17) is 10.00 Å². The van der Waals surface area contributed by atoms with Crippen molar-refractivity contribution in [2.45, 2.75) is 44.1 Å². The van der Waals surface area contributed by atoms with E-state index in [0.29, 0.717) is 19.4 Å². The molecule has 1 aliphatic rings. The smallest absolute Gasteiger partial charge is 0.228 e. The van der Waals surface area contributed by atoms with Crippen molar-refractivity contribution in [3.05, 3.63) is 0 Å². The summed E-state index contributed by atoms with van der Waals surface area (Å²) in [6.07, 6.45) is 0.853. The lowest BCUT2D eigenvalue weighted by Gasteiger charge is -2.17. The van der Waals surface area contributed by atoms with E-state index in [1.807, 2.05) is 6.92 Å². The Kier molecular flexibility index (Phi) is 4.08. The van der Waals surface area contributed by atoms with Crippen molar-refractivity contribution < 1.29 is 13.2 Å². The van der Waals surface area contributed by atoms with Crippen LogP contribution in [0.4, 0.5) is 0 Å². The molecule has 3 unspecified atom stereocenters. The third kappa shape index (κ3) is 2.91. The van der Waals surface area contributed by atoms with Crippen LogP contribution in [0.15, 0.2) is 0 Å². The molecule has 86 valence electrons. The number of nitrogens with one attached hydrogen (secondary N) is 1. The Labute approximate surface area is 90.5 Å². The molecule has 1 fully saturated rings. The molecule has 1 aliphatic heterocycles. The highest BCUT2D eigenvalue weighted by atomic mass is 32.2. The van der Waals surface area contributed by atoms with E-state index in [9.17, 15) is 8.42 Å². The van der Waals surface area contributed by atoms with Gasteiger partial charge in [0.05, 0.1) is 12.2 Å². The summed E-state index contributed by atoms with van der Waals surface area (Å²) in [5.41, 5.74) is 0. The molecule has 1 rings (SSSR count). The van der Waals surface area contributed by atoms with Crippen LogP contribution >= 0.6 is 0 Å². The van der Waals surface area contributed by atoms with Gasteiger partial charge >= 0.3 is 0 Å². The molecule has 0 aromatic heterocycles. The summed E-state index contributed by atoms with van der Waals surface area (Å²) in [6, 6.07) is 1.59. The molecule has 1 heterocycles. The van der Waals surface area contributed by atoms with E-state index < -0.39 is 15.3 Å². The van der Waals surface area contributed by atoms with Crippen molar-refractivity contribution in [1.82, 2.24) is 4.72 Å². The summed E-state index contributed by atoms with van der Waals surface area (Å²) in [7, 11) is -3.53. The topological polar surface area (TPSA) is 79.2 Å². The zero-order valence-electron chi connectivity index (χ0n) is 8.93. The Morgan fingerprint density at radius 2 is 2.33 bits per heavy atom. The lowest BCUT2D eigenvalue weighted by molar-refractivity contribution is 0.116. The maximum Gasteiger partial charge on any atom is 0.228 e. The standard InChI is InChI=1S/C9H16N2O3S/c1-3-8(6-10)15(12,13)11-9-4-5-14-7(9)2/h7-9,11H,3-5H2,1-2H3. The van der Waals surface area contributed by atoms with Gasteiger partial charge in [0.2, 0.25) is 10.0 Å². The lowest BCUT2D eigenvalue weighted by atomic mass is 10.2. The summed E-state index contributed by atoms with van der Waals surface area (Å²) in [5.74, 6) is 0. The number of hydrogen-bond acceptors (Lipinski definition) is 4. The van der Waals surface area contributed by atoms with Crippen LogP contribution in [0.25, 0.3) is 0 Å². The number of hydrogen-bond donors (Lipinski definition) is 1. The quantitative estimate of drug-likeness (QED) is 0.760. The average molecular weight is 232 g/mol. The first kappa shape index (κ1) is 12.4. The zero-order valence-corrected chi connectivity index (χ0v) is 9.75. The van der Waals surface area contributed by atoms with Crippen molar-refractivity contribution in [3.8, 4) is 6.07 Å². The van der Waals surface area contributed by atoms with Crippen molar-refractivity contribution in [2.24, 2.45) is 0 Å². The molecule has 1 N–H and O–H groups in total.